The van der Waals surface area contributed by atoms with Gasteiger partial charge in [-0.15, -0.1) is 0 Å². The number of rotatable bonds is 4. The third-order valence-corrected chi connectivity index (χ3v) is 5.33. The normalized spacial score (nSPS) is 11.2. The molecule has 0 spiro atoms. The van der Waals surface area contributed by atoms with Crippen LogP contribution in [0.25, 0.3) is 16.5 Å². The van der Waals surface area contributed by atoms with E-state index in [9.17, 15) is 0 Å². The number of allylic oxidation sites excluding steroid dienone is 1. The molecule has 0 saturated carbocycles. The Kier molecular flexibility index (Phi) is 4.56. The van der Waals surface area contributed by atoms with E-state index in [0.717, 1.165) is 23.6 Å². The van der Waals surface area contributed by atoms with Gasteiger partial charge in [0.25, 0.3) is 0 Å². The summed E-state index contributed by atoms with van der Waals surface area (Å²) in [5.74, 6) is 0. The number of fused-ring (bicyclic) bond motifs is 1. The number of benzene rings is 2. The fraction of sp³-hybridized carbons (Fsp3) is 0.273. The average molecular weight is 338 g/mol. The van der Waals surface area contributed by atoms with Crippen LogP contribution in [0, 0.1) is 13.8 Å². The van der Waals surface area contributed by atoms with Crippen LogP contribution in [0.2, 0.25) is 5.02 Å². The van der Waals surface area contributed by atoms with Crippen LogP contribution in [-0.2, 0) is 13.0 Å². The van der Waals surface area contributed by atoms with E-state index in [0.29, 0.717) is 0 Å². The summed E-state index contributed by atoms with van der Waals surface area (Å²) < 4.78 is 2.40. The average Bonchev–Trinajstić information content (AvgIpc) is 2.81. The van der Waals surface area contributed by atoms with Gasteiger partial charge in [-0.25, -0.2) is 0 Å². The van der Waals surface area contributed by atoms with Crippen LogP contribution in [0.15, 0.2) is 43.0 Å². The maximum absolute atomic E-state index is 6.26. The van der Waals surface area contributed by atoms with Gasteiger partial charge >= 0.3 is 0 Å². The molecule has 0 aliphatic heterocycles. The summed E-state index contributed by atoms with van der Waals surface area (Å²) in [5.41, 5.74) is 8.76. The molecule has 0 amide bonds. The van der Waals surface area contributed by atoms with Crippen molar-refractivity contribution in [1.82, 2.24) is 4.57 Å². The first kappa shape index (κ1) is 16.9. The first-order valence-electron chi connectivity index (χ1n) is 8.45. The summed E-state index contributed by atoms with van der Waals surface area (Å²) in [5, 5.41) is 2.18. The van der Waals surface area contributed by atoms with Crippen molar-refractivity contribution in [3.63, 3.8) is 0 Å². The Hall–Kier alpha value is -1.99. The number of hydrogen-bond acceptors (Lipinski definition) is 0. The Morgan fingerprint density at radius 2 is 1.88 bits per heavy atom. The zero-order chi connectivity index (χ0) is 17.4. The van der Waals surface area contributed by atoms with Crippen LogP contribution in [0.4, 0.5) is 0 Å². The van der Waals surface area contributed by atoms with Crippen LogP contribution >= 0.6 is 11.6 Å². The van der Waals surface area contributed by atoms with Crippen LogP contribution in [-0.4, -0.2) is 4.57 Å². The van der Waals surface area contributed by atoms with Crippen molar-refractivity contribution in [2.24, 2.45) is 0 Å². The lowest BCUT2D eigenvalue weighted by Gasteiger charge is -2.11. The minimum absolute atomic E-state index is 0.859. The summed E-state index contributed by atoms with van der Waals surface area (Å²) in [6.45, 7) is 13.5. The SMILES string of the molecule is C=C(C)c1ccc2c(c1)c(C)c(C)n2Cc1ccc(Cl)c(CC)c1. The molecule has 1 nitrogen and oxygen atoms in total. The van der Waals surface area contributed by atoms with Crippen molar-refractivity contribution in [2.45, 2.75) is 40.7 Å². The Bertz CT molecular complexity index is 931. The van der Waals surface area contributed by atoms with Gasteiger partial charge in [0, 0.05) is 28.2 Å². The third kappa shape index (κ3) is 2.89. The van der Waals surface area contributed by atoms with Crippen LogP contribution in [0.5, 0.6) is 0 Å². The molecule has 0 N–H and O–H groups in total. The van der Waals surface area contributed by atoms with E-state index in [2.05, 4.69) is 69.2 Å². The minimum Gasteiger partial charge on any atom is -0.340 e. The predicted molar refractivity (Wildman–Crippen MR) is 106 cm³/mol. The predicted octanol–water partition coefficient (Wildman–Crippen LogP) is 6.56. The van der Waals surface area contributed by atoms with Gasteiger partial charge in [-0.1, -0.05) is 48.9 Å². The Morgan fingerprint density at radius 1 is 1.12 bits per heavy atom. The third-order valence-electron chi connectivity index (χ3n) is 4.96. The maximum Gasteiger partial charge on any atom is 0.0488 e. The smallest absolute Gasteiger partial charge is 0.0488 e. The van der Waals surface area contributed by atoms with Crippen LogP contribution < -0.4 is 0 Å². The first-order chi connectivity index (χ1) is 11.4. The van der Waals surface area contributed by atoms with Crippen molar-refractivity contribution < 1.29 is 0 Å². The molecule has 0 radical (unpaired) electrons. The van der Waals surface area contributed by atoms with Crippen LogP contribution in [0.1, 0.15) is 41.8 Å². The van der Waals surface area contributed by atoms with Crippen molar-refractivity contribution in [1.29, 1.82) is 0 Å². The molecular formula is C22H24ClN. The highest BCUT2D eigenvalue weighted by atomic mass is 35.5. The largest absolute Gasteiger partial charge is 0.340 e. The lowest BCUT2D eigenvalue weighted by atomic mass is 10.0. The van der Waals surface area contributed by atoms with Gasteiger partial charge in [-0.2, -0.15) is 0 Å². The van der Waals surface area contributed by atoms with E-state index in [1.807, 2.05) is 6.07 Å². The molecule has 0 aliphatic carbocycles. The molecule has 2 aromatic carbocycles. The number of nitrogens with zero attached hydrogens (tertiary/aromatic N) is 1. The second-order valence-electron chi connectivity index (χ2n) is 6.59. The van der Waals surface area contributed by atoms with Gasteiger partial charge in [0.15, 0.2) is 0 Å². The number of halogens is 1. The van der Waals surface area contributed by atoms with E-state index in [1.165, 1.54) is 38.9 Å². The molecule has 0 saturated heterocycles. The monoisotopic (exact) mass is 337 g/mol. The molecule has 0 atom stereocenters. The number of aromatic nitrogens is 1. The highest BCUT2D eigenvalue weighted by Gasteiger charge is 2.12. The van der Waals surface area contributed by atoms with Gasteiger partial charge in [-0.05, 0) is 67.6 Å². The van der Waals surface area contributed by atoms with Crippen LogP contribution in [0.3, 0.4) is 0 Å². The van der Waals surface area contributed by atoms with Gasteiger partial charge in [0.2, 0.25) is 0 Å². The zero-order valence-corrected chi connectivity index (χ0v) is 15.7. The molecule has 0 aliphatic rings. The van der Waals surface area contributed by atoms with Gasteiger partial charge in [-0.3, -0.25) is 0 Å². The van der Waals surface area contributed by atoms with Gasteiger partial charge < -0.3 is 4.57 Å². The van der Waals surface area contributed by atoms with Crippen molar-refractivity contribution in [2.75, 3.05) is 0 Å². The highest BCUT2D eigenvalue weighted by molar-refractivity contribution is 6.31. The zero-order valence-electron chi connectivity index (χ0n) is 14.9. The topological polar surface area (TPSA) is 4.93 Å². The molecule has 0 bridgehead atoms. The molecule has 1 aromatic heterocycles. The standard InChI is InChI=1S/C22H24ClN/c1-6-18-11-17(7-9-21(18)23)13-24-16(5)15(4)20-12-19(14(2)3)8-10-22(20)24/h7-12H,2,6,13H2,1,3-5H3. The van der Waals surface area contributed by atoms with E-state index in [1.54, 1.807) is 0 Å². The van der Waals surface area contributed by atoms with Gasteiger partial charge in [0.05, 0.1) is 0 Å². The second-order valence-corrected chi connectivity index (χ2v) is 7.00. The van der Waals surface area contributed by atoms with E-state index in [-0.39, 0.29) is 0 Å². The Labute approximate surface area is 149 Å². The molecular weight excluding hydrogens is 314 g/mol. The Morgan fingerprint density at radius 3 is 2.54 bits per heavy atom. The fourth-order valence-electron chi connectivity index (χ4n) is 3.30. The van der Waals surface area contributed by atoms with Crippen molar-refractivity contribution >= 4 is 28.1 Å². The fourth-order valence-corrected chi connectivity index (χ4v) is 3.55. The molecule has 3 rings (SSSR count). The first-order valence-corrected chi connectivity index (χ1v) is 8.82. The lowest BCUT2D eigenvalue weighted by molar-refractivity contribution is 0.799. The number of hydrogen-bond donors (Lipinski definition) is 0. The quantitative estimate of drug-likeness (QED) is 0.508. The molecule has 3 aromatic rings. The molecule has 1 heterocycles. The summed E-state index contributed by atoms with van der Waals surface area (Å²) >= 11 is 6.26. The number of aryl methyl sites for hydroxylation is 2. The molecule has 24 heavy (non-hydrogen) atoms. The summed E-state index contributed by atoms with van der Waals surface area (Å²) in [7, 11) is 0. The molecule has 0 unspecified atom stereocenters. The highest BCUT2D eigenvalue weighted by Crippen LogP contribution is 2.29. The summed E-state index contributed by atoms with van der Waals surface area (Å²) in [6.07, 6.45) is 0.957. The molecule has 0 fully saturated rings. The van der Waals surface area contributed by atoms with Crippen molar-refractivity contribution in [3.05, 3.63) is 75.9 Å². The lowest BCUT2D eigenvalue weighted by Crippen LogP contribution is -2.02. The van der Waals surface area contributed by atoms with Crippen molar-refractivity contribution in [3.8, 4) is 0 Å². The van der Waals surface area contributed by atoms with E-state index < -0.39 is 0 Å². The van der Waals surface area contributed by atoms with E-state index >= 15 is 0 Å². The Balaban J connectivity index is 2.10. The van der Waals surface area contributed by atoms with E-state index in [4.69, 9.17) is 11.6 Å². The molecule has 124 valence electrons. The summed E-state index contributed by atoms with van der Waals surface area (Å²) in [4.78, 5) is 0. The molecule has 2 heteroatoms. The second kappa shape index (κ2) is 6.49. The minimum atomic E-state index is 0.859. The maximum atomic E-state index is 6.26. The van der Waals surface area contributed by atoms with Gasteiger partial charge in [0.1, 0.15) is 0 Å². The summed E-state index contributed by atoms with van der Waals surface area (Å²) in [6, 6.07) is 13.0.